The van der Waals surface area contributed by atoms with Crippen molar-refractivity contribution in [3.05, 3.63) is 58.9 Å². The second kappa shape index (κ2) is 9.35. The van der Waals surface area contributed by atoms with Gasteiger partial charge in [0.25, 0.3) is 5.91 Å². The van der Waals surface area contributed by atoms with Crippen LogP contribution in [-0.4, -0.2) is 66.5 Å². The number of benzene rings is 2. The molecule has 2 aromatic carbocycles. The first kappa shape index (κ1) is 22.8. The van der Waals surface area contributed by atoms with Gasteiger partial charge in [0.15, 0.2) is 0 Å². The summed E-state index contributed by atoms with van der Waals surface area (Å²) in [5, 5.41) is 11.2. The van der Waals surface area contributed by atoms with E-state index in [0.29, 0.717) is 61.9 Å². The average molecular weight is 477 g/mol. The molecule has 35 heavy (non-hydrogen) atoms. The molecule has 3 amide bonds. The van der Waals surface area contributed by atoms with Crippen molar-refractivity contribution in [3.8, 4) is 11.8 Å². The van der Waals surface area contributed by atoms with Crippen molar-refractivity contribution in [2.45, 2.75) is 25.4 Å². The molecule has 0 aromatic heterocycles. The van der Waals surface area contributed by atoms with Gasteiger partial charge in [-0.05, 0) is 36.8 Å². The van der Waals surface area contributed by atoms with Crippen LogP contribution in [0.2, 0.25) is 0 Å². The molecule has 0 unspecified atom stereocenters. The first-order chi connectivity index (χ1) is 16.9. The number of amides is 3. The highest BCUT2D eigenvalue weighted by Crippen LogP contribution is 2.33. The number of hydrogen-bond donors (Lipinski definition) is 1. The SMILES string of the molecule is N#Cc1ccc(N2CCN(COc3cccc4c3CN([C@H]3CCC(=O)NC3=O)C4=O)CC2)c(F)c1. The summed E-state index contributed by atoms with van der Waals surface area (Å²) in [5.41, 5.74) is 2.02. The number of piperazine rings is 1. The monoisotopic (exact) mass is 477 g/mol. The van der Waals surface area contributed by atoms with Crippen LogP contribution in [0.4, 0.5) is 10.1 Å². The molecule has 0 saturated carbocycles. The van der Waals surface area contributed by atoms with Gasteiger partial charge in [-0.1, -0.05) is 6.07 Å². The van der Waals surface area contributed by atoms with Gasteiger partial charge in [-0.3, -0.25) is 24.6 Å². The van der Waals surface area contributed by atoms with Gasteiger partial charge in [-0.15, -0.1) is 0 Å². The number of piperidine rings is 1. The van der Waals surface area contributed by atoms with E-state index in [1.165, 1.54) is 11.0 Å². The van der Waals surface area contributed by atoms with Crippen molar-refractivity contribution in [3.63, 3.8) is 0 Å². The van der Waals surface area contributed by atoms with Crippen molar-refractivity contribution in [2.24, 2.45) is 0 Å². The minimum atomic E-state index is -0.670. The van der Waals surface area contributed by atoms with Crippen LogP contribution in [0, 0.1) is 17.1 Å². The van der Waals surface area contributed by atoms with E-state index in [0.717, 1.165) is 5.56 Å². The first-order valence-electron chi connectivity index (χ1n) is 11.5. The largest absolute Gasteiger partial charge is 0.478 e. The van der Waals surface area contributed by atoms with E-state index in [9.17, 15) is 18.8 Å². The minimum Gasteiger partial charge on any atom is -0.478 e. The van der Waals surface area contributed by atoms with E-state index >= 15 is 0 Å². The van der Waals surface area contributed by atoms with Crippen molar-refractivity contribution in [1.29, 1.82) is 5.26 Å². The molecular formula is C25H24FN5O4. The first-order valence-corrected chi connectivity index (χ1v) is 11.5. The van der Waals surface area contributed by atoms with Crippen molar-refractivity contribution in [1.82, 2.24) is 15.1 Å². The van der Waals surface area contributed by atoms with Crippen LogP contribution in [-0.2, 0) is 16.1 Å². The quantitative estimate of drug-likeness (QED) is 0.653. The standard InChI is InChI=1S/C25H24FN5O4/c26-19-12-16(13-27)4-5-20(19)30-10-8-29(9-11-30)15-35-22-3-1-2-17-18(22)14-31(25(17)34)21-6-7-23(32)28-24(21)33/h1-5,12,21H,6-11,14-15H2,(H,28,32,33)/t21-/m0/s1. The maximum absolute atomic E-state index is 14.4. The van der Waals surface area contributed by atoms with E-state index < -0.39 is 17.8 Å². The molecule has 10 heteroatoms. The molecule has 2 aromatic rings. The lowest BCUT2D eigenvalue weighted by atomic mass is 10.0. The third-order valence-corrected chi connectivity index (χ3v) is 6.73. The van der Waals surface area contributed by atoms with Gasteiger partial charge >= 0.3 is 0 Å². The zero-order valence-electron chi connectivity index (χ0n) is 19.0. The molecule has 2 fully saturated rings. The van der Waals surface area contributed by atoms with Crippen molar-refractivity contribution >= 4 is 23.4 Å². The number of hydrogen-bond acceptors (Lipinski definition) is 7. The fourth-order valence-corrected chi connectivity index (χ4v) is 4.80. The third-order valence-electron chi connectivity index (χ3n) is 6.73. The molecule has 1 atom stereocenters. The number of imide groups is 1. The molecule has 3 aliphatic rings. The Morgan fingerprint density at radius 1 is 1.11 bits per heavy atom. The van der Waals surface area contributed by atoms with Gasteiger partial charge in [0.1, 0.15) is 24.3 Å². The van der Waals surface area contributed by atoms with E-state index in [-0.39, 0.29) is 24.8 Å². The summed E-state index contributed by atoms with van der Waals surface area (Å²) >= 11 is 0. The summed E-state index contributed by atoms with van der Waals surface area (Å²) < 4.78 is 20.4. The Morgan fingerprint density at radius 3 is 2.63 bits per heavy atom. The molecule has 2 saturated heterocycles. The normalized spacial score (nSPS) is 20.5. The number of nitrogens with zero attached hydrogens (tertiary/aromatic N) is 4. The lowest BCUT2D eigenvalue weighted by Crippen LogP contribution is -2.52. The highest BCUT2D eigenvalue weighted by molar-refractivity contribution is 6.05. The Kier molecular flexibility index (Phi) is 6.09. The van der Waals surface area contributed by atoms with E-state index in [4.69, 9.17) is 10.00 Å². The number of nitriles is 1. The Hall–Kier alpha value is -3.97. The predicted octanol–water partition coefficient (Wildman–Crippen LogP) is 1.62. The molecular weight excluding hydrogens is 453 g/mol. The van der Waals surface area contributed by atoms with Gasteiger partial charge in [0, 0.05) is 43.7 Å². The average Bonchev–Trinajstić information content (AvgIpc) is 3.20. The molecule has 9 nitrogen and oxygen atoms in total. The van der Waals surface area contributed by atoms with Crippen LogP contribution in [0.25, 0.3) is 0 Å². The number of ether oxygens (including phenoxy) is 1. The topological polar surface area (TPSA) is 106 Å². The lowest BCUT2D eigenvalue weighted by Gasteiger charge is -2.36. The summed E-state index contributed by atoms with van der Waals surface area (Å²) in [6.07, 6.45) is 0.517. The maximum atomic E-state index is 14.4. The lowest BCUT2D eigenvalue weighted by molar-refractivity contribution is -0.136. The number of anilines is 1. The van der Waals surface area contributed by atoms with Crippen LogP contribution in [0.5, 0.6) is 5.75 Å². The zero-order chi connectivity index (χ0) is 24.5. The van der Waals surface area contributed by atoms with Crippen LogP contribution < -0.4 is 15.0 Å². The maximum Gasteiger partial charge on any atom is 0.255 e. The summed E-state index contributed by atoms with van der Waals surface area (Å²) in [4.78, 5) is 42.3. The molecule has 0 spiro atoms. The van der Waals surface area contributed by atoms with Crippen LogP contribution >= 0.6 is 0 Å². The molecule has 0 aliphatic carbocycles. The Labute approximate surface area is 201 Å². The fraction of sp³-hybridized carbons (Fsp3) is 0.360. The summed E-state index contributed by atoms with van der Waals surface area (Å²) in [7, 11) is 0. The molecule has 5 rings (SSSR count). The van der Waals surface area contributed by atoms with E-state index in [2.05, 4.69) is 10.2 Å². The number of carbonyl (C=O) groups is 3. The van der Waals surface area contributed by atoms with E-state index in [1.54, 1.807) is 24.3 Å². The highest BCUT2D eigenvalue weighted by Gasteiger charge is 2.40. The number of nitrogens with one attached hydrogen (secondary N) is 1. The van der Waals surface area contributed by atoms with Gasteiger partial charge in [0.2, 0.25) is 11.8 Å². The molecule has 3 heterocycles. The zero-order valence-corrected chi connectivity index (χ0v) is 19.0. The Balaban J connectivity index is 1.20. The second-order valence-electron chi connectivity index (χ2n) is 8.84. The third kappa shape index (κ3) is 4.42. The summed E-state index contributed by atoms with van der Waals surface area (Å²) in [6.45, 7) is 3.11. The number of carbonyl (C=O) groups excluding carboxylic acids is 3. The number of fused-ring (bicyclic) bond motifs is 1. The number of halogens is 1. The van der Waals surface area contributed by atoms with Gasteiger partial charge in [-0.2, -0.15) is 5.26 Å². The smallest absolute Gasteiger partial charge is 0.255 e. The predicted molar refractivity (Wildman–Crippen MR) is 123 cm³/mol. The van der Waals surface area contributed by atoms with Gasteiger partial charge in [-0.25, -0.2) is 4.39 Å². The summed E-state index contributed by atoms with van der Waals surface area (Å²) in [5.74, 6) is -0.814. The van der Waals surface area contributed by atoms with Crippen LogP contribution in [0.1, 0.15) is 34.3 Å². The second-order valence-corrected chi connectivity index (χ2v) is 8.84. The number of rotatable bonds is 5. The van der Waals surface area contributed by atoms with Gasteiger partial charge in [0.05, 0.1) is 23.9 Å². The highest BCUT2D eigenvalue weighted by atomic mass is 19.1. The summed E-state index contributed by atoms with van der Waals surface area (Å²) in [6, 6.07) is 11.1. The Morgan fingerprint density at radius 2 is 1.91 bits per heavy atom. The molecule has 1 N–H and O–H groups in total. The fourth-order valence-electron chi connectivity index (χ4n) is 4.80. The molecule has 0 bridgehead atoms. The van der Waals surface area contributed by atoms with Crippen LogP contribution in [0.3, 0.4) is 0 Å². The minimum absolute atomic E-state index is 0.207. The van der Waals surface area contributed by atoms with Gasteiger partial charge < -0.3 is 14.5 Å². The van der Waals surface area contributed by atoms with Crippen molar-refractivity contribution in [2.75, 3.05) is 37.8 Å². The van der Waals surface area contributed by atoms with Crippen LogP contribution in [0.15, 0.2) is 36.4 Å². The molecule has 3 aliphatic heterocycles. The van der Waals surface area contributed by atoms with Crippen molar-refractivity contribution < 1.29 is 23.5 Å². The molecule has 180 valence electrons. The Bertz CT molecular complexity index is 1230. The molecule has 0 radical (unpaired) electrons. The van der Waals surface area contributed by atoms with E-state index in [1.807, 2.05) is 17.0 Å².